The molecule has 0 aromatic carbocycles. The summed E-state index contributed by atoms with van der Waals surface area (Å²) in [5, 5.41) is 0. The summed E-state index contributed by atoms with van der Waals surface area (Å²) in [5.74, 6) is -0.222. The summed E-state index contributed by atoms with van der Waals surface area (Å²) in [4.78, 5) is 22.4. The summed E-state index contributed by atoms with van der Waals surface area (Å²) in [6, 6.07) is 0. The monoisotopic (exact) mass is 166 g/mol. The number of carbonyl (C=O) groups excluding carboxylic acids is 2. The van der Waals surface area contributed by atoms with Gasteiger partial charge in [0.2, 0.25) is 0 Å². The van der Waals surface area contributed by atoms with Crippen LogP contribution in [-0.4, -0.2) is 17.9 Å². The molecule has 12 heavy (non-hydrogen) atoms. The van der Waals surface area contributed by atoms with E-state index in [2.05, 4.69) is 0 Å². The molecule has 1 aliphatic carbocycles. The van der Waals surface area contributed by atoms with Crippen molar-refractivity contribution < 1.29 is 14.3 Å². The normalized spacial score (nSPS) is 28.9. The zero-order valence-electron chi connectivity index (χ0n) is 6.92. The van der Waals surface area contributed by atoms with Crippen LogP contribution in [-0.2, 0) is 14.3 Å². The zero-order valence-corrected chi connectivity index (χ0v) is 6.92. The van der Waals surface area contributed by atoms with Crippen molar-refractivity contribution in [2.75, 3.05) is 0 Å². The van der Waals surface area contributed by atoms with Crippen molar-refractivity contribution in [2.45, 2.75) is 32.3 Å². The number of hydrogen-bond acceptors (Lipinski definition) is 3. The maximum atomic E-state index is 11.3. The fourth-order valence-electron chi connectivity index (χ4n) is 1.80. The fourth-order valence-corrected chi connectivity index (χ4v) is 1.80. The lowest BCUT2D eigenvalue weighted by Gasteiger charge is -2.17. The molecule has 1 atom stereocenters. The molecule has 64 valence electrons. The first-order valence-corrected chi connectivity index (χ1v) is 4.15. The second-order valence-electron chi connectivity index (χ2n) is 3.25. The van der Waals surface area contributed by atoms with E-state index in [4.69, 9.17) is 4.74 Å². The van der Waals surface area contributed by atoms with E-state index in [0.717, 1.165) is 12.8 Å². The molecule has 0 amide bonds. The SMILES string of the molecule is CC1=C2C(=O)CCCC2OC1=O. The number of Topliss-reactive ketones (excluding diaryl/α,β-unsaturated/α-hetero) is 1. The number of hydrogen-bond donors (Lipinski definition) is 0. The van der Waals surface area contributed by atoms with Gasteiger partial charge in [-0.25, -0.2) is 4.79 Å². The van der Waals surface area contributed by atoms with Crippen molar-refractivity contribution >= 4 is 11.8 Å². The third-order valence-electron chi connectivity index (χ3n) is 2.45. The van der Waals surface area contributed by atoms with Gasteiger partial charge in [0, 0.05) is 17.6 Å². The Balaban J connectivity index is 2.41. The Morgan fingerprint density at radius 2 is 2.17 bits per heavy atom. The van der Waals surface area contributed by atoms with Crippen LogP contribution in [0, 0.1) is 0 Å². The number of rotatable bonds is 0. The number of esters is 1. The van der Waals surface area contributed by atoms with Crippen molar-refractivity contribution in [2.24, 2.45) is 0 Å². The predicted octanol–water partition coefficient (Wildman–Crippen LogP) is 0.981. The van der Waals surface area contributed by atoms with Crippen LogP contribution in [0.5, 0.6) is 0 Å². The Hall–Kier alpha value is -1.12. The van der Waals surface area contributed by atoms with Crippen molar-refractivity contribution in [3.8, 4) is 0 Å². The van der Waals surface area contributed by atoms with Gasteiger partial charge in [-0.05, 0) is 19.8 Å². The Morgan fingerprint density at radius 3 is 2.83 bits per heavy atom. The van der Waals surface area contributed by atoms with E-state index < -0.39 is 0 Å². The minimum atomic E-state index is -0.315. The van der Waals surface area contributed by atoms with E-state index in [1.54, 1.807) is 6.92 Å². The van der Waals surface area contributed by atoms with Crippen LogP contribution in [0.25, 0.3) is 0 Å². The van der Waals surface area contributed by atoms with Gasteiger partial charge in [0.15, 0.2) is 5.78 Å². The third kappa shape index (κ3) is 0.891. The van der Waals surface area contributed by atoms with Crippen LogP contribution in [0.15, 0.2) is 11.1 Å². The quantitative estimate of drug-likeness (QED) is 0.504. The van der Waals surface area contributed by atoms with E-state index in [1.807, 2.05) is 0 Å². The van der Waals surface area contributed by atoms with Crippen LogP contribution in [0.3, 0.4) is 0 Å². The van der Waals surface area contributed by atoms with Crippen LogP contribution in [0.1, 0.15) is 26.2 Å². The molecule has 1 aliphatic heterocycles. The third-order valence-corrected chi connectivity index (χ3v) is 2.45. The average Bonchev–Trinajstić information content (AvgIpc) is 2.29. The molecule has 1 saturated carbocycles. The number of ketones is 1. The zero-order chi connectivity index (χ0) is 8.72. The molecule has 3 nitrogen and oxygen atoms in total. The van der Waals surface area contributed by atoms with E-state index >= 15 is 0 Å². The van der Waals surface area contributed by atoms with Gasteiger partial charge in [0.1, 0.15) is 6.10 Å². The Morgan fingerprint density at radius 1 is 1.42 bits per heavy atom. The molecule has 1 heterocycles. The van der Waals surface area contributed by atoms with E-state index in [-0.39, 0.29) is 17.9 Å². The number of carbonyl (C=O) groups is 2. The minimum Gasteiger partial charge on any atom is -0.454 e. The summed E-state index contributed by atoms with van der Waals surface area (Å²) < 4.78 is 5.01. The molecule has 1 unspecified atom stereocenters. The second kappa shape index (κ2) is 2.44. The molecule has 0 radical (unpaired) electrons. The van der Waals surface area contributed by atoms with E-state index in [9.17, 15) is 9.59 Å². The van der Waals surface area contributed by atoms with Crippen LogP contribution < -0.4 is 0 Å². The summed E-state index contributed by atoms with van der Waals surface area (Å²) in [5.41, 5.74) is 1.15. The van der Waals surface area contributed by atoms with E-state index in [1.165, 1.54) is 0 Å². The molecule has 0 spiro atoms. The highest BCUT2D eigenvalue weighted by Crippen LogP contribution is 2.31. The first kappa shape index (κ1) is 7.53. The maximum Gasteiger partial charge on any atom is 0.334 e. The molecule has 2 rings (SSSR count). The minimum absolute atomic E-state index is 0.0922. The Kier molecular flexibility index (Phi) is 1.53. The fraction of sp³-hybridized carbons (Fsp3) is 0.556. The van der Waals surface area contributed by atoms with Crippen LogP contribution >= 0.6 is 0 Å². The molecule has 0 aromatic rings. The predicted molar refractivity (Wildman–Crippen MR) is 41.4 cm³/mol. The highest BCUT2D eigenvalue weighted by molar-refractivity contribution is 6.07. The summed E-state index contributed by atoms with van der Waals surface area (Å²) in [6.45, 7) is 1.67. The largest absolute Gasteiger partial charge is 0.454 e. The standard InChI is InChI=1S/C9H10O3/c1-5-8-6(10)3-2-4-7(8)12-9(5)11/h7H,2-4H2,1H3. The lowest BCUT2D eigenvalue weighted by atomic mass is 9.89. The number of ether oxygens (including phenoxy) is 1. The Bertz CT molecular complexity index is 288. The maximum absolute atomic E-state index is 11.3. The first-order valence-electron chi connectivity index (χ1n) is 4.15. The van der Waals surface area contributed by atoms with Crippen molar-refractivity contribution in [1.29, 1.82) is 0 Å². The summed E-state index contributed by atoms with van der Waals surface area (Å²) in [6.07, 6.45) is 2.00. The van der Waals surface area contributed by atoms with Crippen molar-refractivity contribution in [3.63, 3.8) is 0 Å². The highest BCUT2D eigenvalue weighted by Gasteiger charge is 2.37. The van der Waals surface area contributed by atoms with Crippen LogP contribution in [0.2, 0.25) is 0 Å². The van der Waals surface area contributed by atoms with Gasteiger partial charge in [-0.15, -0.1) is 0 Å². The van der Waals surface area contributed by atoms with Crippen molar-refractivity contribution in [1.82, 2.24) is 0 Å². The van der Waals surface area contributed by atoms with Crippen LogP contribution in [0.4, 0.5) is 0 Å². The van der Waals surface area contributed by atoms with Gasteiger partial charge in [-0.3, -0.25) is 4.79 Å². The van der Waals surface area contributed by atoms with E-state index in [0.29, 0.717) is 17.6 Å². The summed E-state index contributed by atoms with van der Waals surface area (Å²) >= 11 is 0. The highest BCUT2D eigenvalue weighted by atomic mass is 16.5. The van der Waals surface area contributed by atoms with Gasteiger partial charge in [0.05, 0.1) is 0 Å². The topological polar surface area (TPSA) is 43.4 Å². The lowest BCUT2D eigenvalue weighted by molar-refractivity contribution is -0.140. The van der Waals surface area contributed by atoms with Gasteiger partial charge in [0.25, 0.3) is 0 Å². The average molecular weight is 166 g/mol. The molecule has 0 saturated heterocycles. The molecular weight excluding hydrogens is 156 g/mol. The van der Waals surface area contributed by atoms with Gasteiger partial charge < -0.3 is 4.74 Å². The van der Waals surface area contributed by atoms with Crippen molar-refractivity contribution in [3.05, 3.63) is 11.1 Å². The molecule has 1 fully saturated rings. The first-order chi connectivity index (χ1) is 5.70. The second-order valence-corrected chi connectivity index (χ2v) is 3.25. The van der Waals surface area contributed by atoms with Gasteiger partial charge >= 0.3 is 5.97 Å². The summed E-state index contributed by atoms with van der Waals surface area (Å²) in [7, 11) is 0. The van der Waals surface area contributed by atoms with Gasteiger partial charge in [-0.1, -0.05) is 0 Å². The molecular formula is C9H10O3. The smallest absolute Gasteiger partial charge is 0.334 e. The lowest BCUT2D eigenvalue weighted by Crippen LogP contribution is -2.22. The molecule has 0 N–H and O–H groups in total. The molecule has 3 heteroatoms. The van der Waals surface area contributed by atoms with Gasteiger partial charge in [-0.2, -0.15) is 0 Å². The Labute approximate surface area is 70.4 Å². The molecule has 0 aromatic heterocycles. The molecule has 2 aliphatic rings. The number of fused-ring (bicyclic) bond motifs is 1. The molecule has 0 bridgehead atoms.